The van der Waals surface area contributed by atoms with E-state index in [9.17, 15) is 9.59 Å². The largest absolute Gasteiger partial charge is 0.491 e. The number of benzene rings is 1. The maximum atomic E-state index is 13.1. The molecule has 0 saturated carbocycles. The van der Waals surface area contributed by atoms with E-state index in [1.54, 1.807) is 11.3 Å². The second-order valence-corrected chi connectivity index (χ2v) is 8.78. The van der Waals surface area contributed by atoms with Gasteiger partial charge in [-0.25, -0.2) is 0 Å². The Kier molecular flexibility index (Phi) is 7.31. The molecule has 1 atom stereocenters. The molecular formula is C23H30N2O3S. The summed E-state index contributed by atoms with van der Waals surface area (Å²) in [5.74, 6) is 0.645. The van der Waals surface area contributed by atoms with E-state index >= 15 is 0 Å². The van der Waals surface area contributed by atoms with Crippen LogP contribution in [-0.4, -0.2) is 35.4 Å². The second kappa shape index (κ2) is 9.92. The molecule has 1 aliphatic rings. The molecule has 3 rings (SSSR count). The van der Waals surface area contributed by atoms with Crippen molar-refractivity contribution < 1.29 is 14.3 Å². The standard InChI is InChI=1S/C23H30N2O3S/c1-4-6-20(23(27)25-11-9-21-18(15-25)10-12-29-21)24-22(26)14-17-7-5-8-19(13-17)28-16(2)3/h5,7-8,10,12-13,16,20H,4,6,9,11,14-15H2,1-3H3,(H,24,26). The number of amides is 2. The topological polar surface area (TPSA) is 58.6 Å². The summed E-state index contributed by atoms with van der Waals surface area (Å²) in [6.45, 7) is 7.34. The third kappa shape index (κ3) is 5.82. The average molecular weight is 415 g/mol. The van der Waals surface area contributed by atoms with E-state index in [1.165, 1.54) is 10.4 Å². The van der Waals surface area contributed by atoms with Gasteiger partial charge in [-0.1, -0.05) is 25.5 Å². The summed E-state index contributed by atoms with van der Waals surface area (Å²) < 4.78 is 5.70. The number of rotatable bonds is 8. The minimum Gasteiger partial charge on any atom is -0.491 e. The maximum Gasteiger partial charge on any atom is 0.245 e. The molecule has 2 amide bonds. The van der Waals surface area contributed by atoms with Crippen molar-refractivity contribution in [2.75, 3.05) is 6.54 Å². The molecule has 0 bridgehead atoms. The lowest BCUT2D eigenvalue weighted by atomic mass is 10.1. The van der Waals surface area contributed by atoms with Gasteiger partial charge in [-0.05, 0) is 61.4 Å². The molecule has 156 valence electrons. The molecule has 0 fully saturated rings. The van der Waals surface area contributed by atoms with Crippen LogP contribution >= 0.6 is 11.3 Å². The molecule has 1 unspecified atom stereocenters. The number of carbonyl (C=O) groups is 2. The zero-order valence-corrected chi connectivity index (χ0v) is 18.3. The fourth-order valence-corrected chi connectivity index (χ4v) is 4.52. The summed E-state index contributed by atoms with van der Waals surface area (Å²) in [7, 11) is 0. The van der Waals surface area contributed by atoms with Crippen molar-refractivity contribution in [3.05, 3.63) is 51.7 Å². The van der Waals surface area contributed by atoms with Crippen LogP contribution < -0.4 is 10.1 Å². The Morgan fingerprint density at radius 3 is 2.86 bits per heavy atom. The van der Waals surface area contributed by atoms with Crippen LogP contribution in [0.5, 0.6) is 5.75 Å². The number of ether oxygens (including phenoxy) is 1. The molecule has 1 aromatic carbocycles. The Morgan fingerprint density at radius 2 is 2.10 bits per heavy atom. The summed E-state index contributed by atoms with van der Waals surface area (Å²) in [5, 5.41) is 5.06. The summed E-state index contributed by atoms with van der Waals surface area (Å²) in [5.41, 5.74) is 2.11. The fraction of sp³-hybridized carbons (Fsp3) is 0.478. The highest BCUT2D eigenvalue weighted by Crippen LogP contribution is 2.24. The van der Waals surface area contributed by atoms with Gasteiger partial charge in [-0.15, -0.1) is 11.3 Å². The molecule has 0 spiro atoms. The highest BCUT2D eigenvalue weighted by molar-refractivity contribution is 7.10. The summed E-state index contributed by atoms with van der Waals surface area (Å²) in [4.78, 5) is 29.0. The normalized spacial score (nSPS) is 14.4. The highest BCUT2D eigenvalue weighted by atomic mass is 32.1. The number of nitrogens with zero attached hydrogens (tertiary/aromatic N) is 1. The first kappa shape index (κ1) is 21.4. The average Bonchev–Trinajstić information content (AvgIpc) is 3.14. The first-order valence-corrected chi connectivity index (χ1v) is 11.2. The van der Waals surface area contributed by atoms with Crippen LogP contribution in [0.3, 0.4) is 0 Å². The number of fused-ring (bicyclic) bond motifs is 1. The number of hydrogen-bond donors (Lipinski definition) is 1. The van der Waals surface area contributed by atoms with Crippen molar-refractivity contribution in [3.63, 3.8) is 0 Å². The molecule has 29 heavy (non-hydrogen) atoms. The number of nitrogens with one attached hydrogen (secondary N) is 1. The lowest BCUT2D eigenvalue weighted by Crippen LogP contribution is -2.50. The number of carbonyl (C=O) groups excluding carboxylic acids is 2. The zero-order valence-electron chi connectivity index (χ0n) is 17.4. The third-order valence-electron chi connectivity index (χ3n) is 4.96. The van der Waals surface area contributed by atoms with Gasteiger partial charge in [-0.3, -0.25) is 9.59 Å². The molecule has 1 aliphatic heterocycles. The van der Waals surface area contributed by atoms with Gasteiger partial charge in [0.05, 0.1) is 12.5 Å². The van der Waals surface area contributed by atoms with E-state index in [2.05, 4.69) is 16.8 Å². The Morgan fingerprint density at radius 1 is 1.28 bits per heavy atom. The van der Waals surface area contributed by atoms with E-state index in [0.717, 1.165) is 30.7 Å². The van der Waals surface area contributed by atoms with Crippen LogP contribution in [0.4, 0.5) is 0 Å². The van der Waals surface area contributed by atoms with Gasteiger partial charge in [-0.2, -0.15) is 0 Å². The van der Waals surface area contributed by atoms with Crippen molar-refractivity contribution in [1.82, 2.24) is 10.2 Å². The van der Waals surface area contributed by atoms with Crippen molar-refractivity contribution >= 4 is 23.2 Å². The first-order chi connectivity index (χ1) is 14.0. The minimum absolute atomic E-state index is 0.0222. The highest BCUT2D eigenvalue weighted by Gasteiger charge is 2.28. The van der Waals surface area contributed by atoms with Crippen molar-refractivity contribution in [2.45, 2.75) is 65.1 Å². The van der Waals surface area contributed by atoms with Crippen LogP contribution in [0.25, 0.3) is 0 Å². The Hall–Kier alpha value is -2.34. The van der Waals surface area contributed by atoms with Crippen LogP contribution in [0.1, 0.15) is 49.6 Å². The minimum atomic E-state index is -0.470. The van der Waals surface area contributed by atoms with Crippen molar-refractivity contribution in [1.29, 1.82) is 0 Å². The molecule has 1 aromatic heterocycles. The lowest BCUT2D eigenvalue weighted by Gasteiger charge is -2.31. The first-order valence-electron chi connectivity index (χ1n) is 10.3. The SMILES string of the molecule is CCCC(NC(=O)Cc1cccc(OC(C)C)c1)C(=O)N1CCc2sccc2C1. The molecule has 1 N–H and O–H groups in total. The Bertz CT molecular complexity index is 846. The monoisotopic (exact) mass is 414 g/mol. The van der Waals surface area contributed by atoms with Gasteiger partial charge in [0.25, 0.3) is 0 Å². The van der Waals surface area contributed by atoms with E-state index < -0.39 is 6.04 Å². The summed E-state index contributed by atoms with van der Waals surface area (Å²) in [6, 6.07) is 9.20. The predicted octanol–water partition coefficient (Wildman–Crippen LogP) is 3.95. The van der Waals surface area contributed by atoms with Gasteiger partial charge < -0.3 is 15.0 Å². The van der Waals surface area contributed by atoms with Gasteiger partial charge in [0.1, 0.15) is 11.8 Å². The number of hydrogen-bond acceptors (Lipinski definition) is 4. The van der Waals surface area contributed by atoms with Crippen LogP contribution in [0.2, 0.25) is 0 Å². The van der Waals surface area contributed by atoms with E-state index in [0.29, 0.717) is 13.0 Å². The summed E-state index contributed by atoms with van der Waals surface area (Å²) >= 11 is 1.76. The lowest BCUT2D eigenvalue weighted by molar-refractivity contribution is -0.137. The maximum absolute atomic E-state index is 13.1. The molecule has 0 saturated heterocycles. The van der Waals surface area contributed by atoms with Crippen LogP contribution in [0.15, 0.2) is 35.7 Å². The molecule has 0 radical (unpaired) electrons. The second-order valence-electron chi connectivity index (χ2n) is 7.78. The molecule has 5 nitrogen and oxygen atoms in total. The van der Waals surface area contributed by atoms with Gasteiger partial charge in [0.15, 0.2) is 0 Å². The van der Waals surface area contributed by atoms with Crippen molar-refractivity contribution in [3.8, 4) is 5.75 Å². The fourth-order valence-electron chi connectivity index (χ4n) is 3.63. The van der Waals surface area contributed by atoms with Gasteiger partial charge in [0.2, 0.25) is 11.8 Å². The smallest absolute Gasteiger partial charge is 0.245 e. The molecular weight excluding hydrogens is 384 g/mol. The molecule has 2 heterocycles. The van der Waals surface area contributed by atoms with E-state index in [-0.39, 0.29) is 24.3 Å². The third-order valence-corrected chi connectivity index (χ3v) is 5.99. The van der Waals surface area contributed by atoms with Crippen LogP contribution in [0, 0.1) is 0 Å². The molecule has 2 aromatic rings. The molecule has 6 heteroatoms. The predicted molar refractivity (Wildman–Crippen MR) is 116 cm³/mol. The Labute approximate surface area is 177 Å². The quantitative estimate of drug-likeness (QED) is 0.712. The molecule has 0 aliphatic carbocycles. The van der Waals surface area contributed by atoms with Crippen molar-refractivity contribution in [2.24, 2.45) is 0 Å². The van der Waals surface area contributed by atoms with Crippen LogP contribution in [-0.2, 0) is 29.0 Å². The number of thiophene rings is 1. The van der Waals surface area contributed by atoms with E-state index in [1.807, 2.05) is 49.9 Å². The van der Waals surface area contributed by atoms with Gasteiger partial charge in [0, 0.05) is 18.0 Å². The summed E-state index contributed by atoms with van der Waals surface area (Å²) in [6.07, 6.45) is 2.70. The van der Waals surface area contributed by atoms with Gasteiger partial charge >= 0.3 is 0 Å². The van der Waals surface area contributed by atoms with E-state index in [4.69, 9.17) is 4.74 Å². The Balaban J connectivity index is 1.61. The zero-order chi connectivity index (χ0) is 20.8.